The van der Waals surface area contributed by atoms with Gasteiger partial charge in [0.1, 0.15) is 0 Å². The van der Waals surface area contributed by atoms with Crippen molar-refractivity contribution in [1.82, 2.24) is 0 Å². The highest BCUT2D eigenvalue weighted by Gasteiger charge is 2.50. The number of hydrogen-bond acceptors (Lipinski definition) is 3. The normalized spacial score (nSPS) is 18.0. The maximum Gasteiger partial charge on any atom is 0.264 e. The molecule has 164 valence electrons. The van der Waals surface area contributed by atoms with Gasteiger partial charge in [-0.1, -0.05) is 93.6 Å². The molecule has 0 aliphatic carbocycles. The van der Waals surface area contributed by atoms with Gasteiger partial charge >= 0.3 is 0 Å². The van der Waals surface area contributed by atoms with Crippen molar-refractivity contribution in [3.63, 3.8) is 0 Å². The molecule has 0 aromatic heterocycles. The Morgan fingerprint density at radius 2 is 1.53 bits per heavy atom. The number of para-hydroxylation sites is 1. The van der Waals surface area contributed by atoms with Gasteiger partial charge in [-0.05, 0) is 29.0 Å². The maximum absolute atomic E-state index is 13.4. The Hall–Kier alpha value is -3.24. The molecule has 32 heavy (non-hydrogen) atoms. The van der Waals surface area contributed by atoms with Gasteiger partial charge in [0.15, 0.2) is 11.4 Å². The van der Waals surface area contributed by atoms with Crippen LogP contribution in [0.3, 0.4) is 0 Å². The monoisotopic (exact) mass is 427 g/mol. The van der Waals surface area contributed by atoms with Crippen molar-refractivity contribution < 1.29 is 14.7 Å². The molecule has 3 aromatic rings. The van der Waals surface area contributed by atoms with Gasteiger partial charge in [0.05, 0.1) is 12.1 Å². The number of Topliss-reactive ketones (excluding diaryl/α,β-unsaturated/α-hetero) is 1. The van der Waals surface area contributed by atoms with Crippen LogP contribution < -0.4 is 4.90 Å². The minimum Gasteiger partial charge on any atom is -0.375 e. The van der Waals surface area contributed by atoms with Gasteiger partial charge < -0.3 is 10.0 Å². The van der Waals surface area contributed by atoms with Crippen LogP contribution in [0.1, 0.15) is 54.2 Å². The second kappa shape index (κ2) is 8.36. The molecule has 0 saturated heterocycles. The lowest BCUT2D eigenvalue weighted by molar-refractivity contribution is -0.135. The Bertz CT molecular complexity index is 1130. The van der Waals surface area contributed by atoms with E-state index in [2.05, 4.69) is 20.8 Å². The standard InChI is InChI=1S/C28H29NO3/c1-27(2,3)22-15-13-21(14-16-22)25(30)19-28(32)23-11-7-8-12-24(23)29(26(28)31)18-17-20-9-5-4-6-10-20/h4-16,32H,17-19H2,1-3H3. The lowest BCUT2D eigenvalue weighted by atomic mass is 9.85. The van der Waals surface area contributed by atoms with Crippen LogP contribution in [-0.4, -0.2) is 23.3 Å². The Kier molecular flexibility index (Phi) is 5.74. The third-order valence-corrected chi connectivity index (χ3v) is 6.20. The predicted molar refractivity (Wildman–Crippen MR) is 127 cm³/mol. The first-order valence-corrected chi connectivity index (χ1v) is 11.0. The van der Waals surface area contributed by atoms with Crippen LogP contribution in [0.25, 0.3) is 0 Å². The summed E-state index contributed by atoms with van der Waals surface area (Å²) in [6.45, 7) is 6.79. The summed E-state index contributed by atoms with van der Waals surface area (Å²) in [5, 5.41) is 11.5. The second-order valence-corrected chi connectivity index (χ2v) is 9.50. The number of carbonyl (C=O) groups is 2. The zero-order chi connectivity index (χ0) is 22.9. The van der Waals surface area contributed by atoms with Gasteiger partial charge in [-0.15, -0.1) is 0 Å². The van der Waals surface area contributed by atoms with Crippen LogP contribution in [0.15, 0.2) is 78.9 Å². The second-order valence-electron chi connectivity index (χ2n) is 9.50. The van der Waals surface area contributed by atoms with E-state index in [4.69, 9.17) is 0 Å². The molecule has 1 aliphatic heterocycles. The first-order chi connectivity index (χ1) is 15.2. The van der Waals surface area contributed by atoms with Crippen LogP contribution in [-0.2, 0) is 22.2 Å². The summed E-state index contributed by atoms with van der Waals surface area (Å²) in [6, 6.07) is 24.6. The molecular formula is C28H29NO3. The quantitative estimate of drug-likeness (QED) is 0.561. The zero-order valence-electron chi connectivity index (χ0n) is 18.8. The highest BCUT2D eigenvalue weighted by molar-refractivity contribution is 6.10. The van der Waals surface area contributed by atoms with E-state index in [1.807, 2.05) is 54.6 Å². The molecular weight excluding hydrogens is 398 g/mol. The van der Waals surface area contributed by atoms with Gasteiger partial charge in [0.25, 0.3) is 5.91 Å². The fraction of sp³-hybridized carbons (Fsp3) is 0.286. The first-order valence-electron chi connectivity index (χ1n) is 11.0. The molecule has 1 aliphatic rings. The van der Waals surface area contributed by atoms with E-state index < -0.39 is 11.5 Å². The number of hydrogen-bond donors (Lipinski definition) is 1. The van der Waals surface area contributed by atoms with Crippen LogP contribution >= 0.6 is 0 Å². The Morgan fingerprint density at radius 3 is 2.19 bits per heavy atom. The molecule has 1 atom stereocenters. The summed E-state index contributed by atoms with van der Waals surface area (Å²) in [6.07, 6.45) is 0.388. The molecule has 0 fully saturated rings. The molecule has 0 bridgehead atoms. The molecule has 0 radical (unpaired) electrons. The van der Waals surface area contributed by atoms with E-state index in [-0.39, 0.29) is 17.6 Å². The molecule has 1 unspecified atom stereocenters. The smallest absolute Gasteiger partial charge is 0.264 e. The largest absolute Gasteiger partial charge is 0.375 e. The van der Waals surface area contributed by atoms with Crippen LogP contribution in [0.5, 0.6) is 0 Å². The van der Waals surface area contributed by atoms with E-state index >= 15 is 0 Å². The number of nitrogens with zero attached hydrogens (tertiary/aromatic N) is 1. The van der Waals surface area contributed by atoms with Gasteiger partial charge in [-0.3, -0.25) is 9.59 Å². The third kappa shape index (κ3) is 4.11. The van der Waals surface area contributed by atoms with Crippen molar-refractivity contribution in [3.05, 3.63) is 101 Å². The van der Waals surface area contributed by atoms with Crippen molar-refractivity contribution in [3.8, 4) is 0 Å². The first kappa shape index (κ1) is 22.0. The van der Waals surface area contributed by atoms with Gasteiger partial charge in [-0.25, -0.2) is 0 Å². The fourth-order valence-electron chi connectivity index (χ4n) is 4.28. The number of carbonyl (C=O) groups excluding carboxylic acids is 2. The topological polar surface area (TPSA) is 57.6 Å². The number of ketones is 1. The molecule has 1 amide bonds. The minimum absolute atomic E-state index is 0.0145. The lowest BCUT2D eigenvalue weighted by Crippen LogP contribution is -2.42. The zero-order valence-corrected chi connectivity index (χ0v) is 18.8. The Morgan fingerprint density at radius 1 is 0.906 bits per heavy atom. The van der Waals surface area contributed by atoms with Crippen LogP contribution in [0.4, 0.5) is 5.69 Å². The summed E-state index contributed by atoms with van der Waals surface area (Å²) in [5.41, 5.74) is 2.04. The van der Waals surface area contributed by atoms with Crippen molar-refractivity contribution in [2.75, 3.05) is 11.4 Å². The van der Waals surface area contributed by atoms with Crippen molar-refractivity contribution in [2.45, 2.75) is 44.6 Å². The number of rotatable bonds is 6. The van der Waals surface area contributed by atoms with E-state index in [1.54, 1.807) is 29.2 Å². The molecule has 1 N–H and O–H groups in total. The van der Waals surface area contributed by atoms with Crippen molar-refractivity contribution in [2.24, 2.45) is 0 Å². The molecule has 1 heterocycles. The summed E-state index contributed by atoms with van der Waals surface area (Å²) < 4.78 is 0. The highest BCUT2D eigenvalue weighted by atomic mass is 16.3. The minimum atomic E-state index is -1.85. The van der Waals surface area contributed by atoms with E-state index in [1.165, 1.54) is 0 Å². The summed E-state index contributed by atoms with van der Waals surface area (Å²) >= 11 is 0. The molecule has 0 saturated carbocycles. The molecule has 4 nitrogen and oxygen atoms in total. The number of benzene rings is 3. The number of anilines is 1. The predicted octanol–water partition coefficient (Wildman–Crippen LogP) is 5.03. The van der Waals surface area contributed by atoms with Crippen molar-refractivity contribution >= 4 is 17.4 Å². The lowest BCUT2D eigenvalue weighted by Gasteiger charge is -2.23. The highest BCUT2D eigenvalue weighted by Crippen LogP contribution is 2.43. The fourth-order valence-corrected chi connectivity index (χ4v) is 4.28. The van der Waals surface area contributed by atoms with Gasteiger partial charge in [0.2, 0.25) is 0 Å². The third-order valence-electron chi connectivity index (χ3n) is 6.20. The Labute approximate surface area is 189 Å². The molecule has 0 spiro atoms. The number of aliphatic hydroxyl groups is 1. The summed E-state index contributed by atoms with van der Waals surface area (Å²) in [7, 11) is 0. The number of amides is 1. The SMILES string of the molecule is CC(C)(C)c1ccc(C(=O)CC2(O)C(=O)N(CCc3ccccc3)c3ccccc32)cc1. The average Bonchev–Trinajstić information content (AvgIpc) is 2.99. The van der Waals surface area contributed by atoms with Crippen LogP contribution in [0.2, 0.25) is 0 Å². The molecule has 4 rings (SSSR count). The van der Waals surface area contributed by atoms with Gasteiger partial charge in [0, 0.05) is 17.7 Å². The van der Waals surface area contributed by atoms with Gasteiger partial charge in [-0.2, -0.15) is 0 Å². The maximum atomic E-state index is 13.4. The Balaban J connectivity index is 1.57. The average molecular weight is 428 g/mol. The van der Waals surface area contributed by atoms with E-state index in [0.717, 1.165) is 11.1 Å². The summed E-state index contributed by atoms with van der Waals surface area (Å²) in [4.78, 5) is 28.1. The molecule has 4 heteroatoms. The van der Waals surface area contributed by atoms with E-state index in [9.17, 15) is 14.7 Å². The molecule has 3 aromatic carbocycles. The van der Waals surface area contributed by atoms with Crippen molar-refractivity contribution in [1.29, 1.82) is 0 Å². The van der Waals surface area contributed by atoms with E-state index in [0.29, 0.717) is 29.8 Å². The number of fused-ring (bicyclic) bond motifs is 1. The summed E-state index contributed by atoms with van der Waals surface area (Å²) in [5.74, 6) is -0.685. The van der Waals surface area contributed by atoms with Crippen LogP contribution in [0, 0.1) is 0 Å².